The van der Waals surface area contributed by atoms with Crippen molar-refractivity contribution in [2.45, 2.75) is 26.8 Å². The predicted molar refractivity (Wildman–Crippen MR) is 78.5 cm³/mol. The number of hydrogen-bond acceptors (Lipinski definition) is 2. The van der Waals surface area contributed by atoms with E-state index in [0.29, 0.717) is 12.1 Å². The number of nitrogens with zero attached hydrogens (tertiary/aromatic N) is 2. The summed E-state index contributed by atoms with van der Waals surface area (Å²) in [6.07, 6.45) is 4.50. The average Bonchev–Trinajstić information content (AvgIpc) is 2.69. The fraction of sp³-hybridized carbons (Fsp3) is 0.267. The first-order chi connectivity index (χ1) is 9.13. The van der Waals surface area contributed by atoms with Crippen LogP contribution in [-0.2, 0) is 13.0 Å². The van der Waals surface area contributed by atoms with E-state index in [2.05, 4.69) is 5.10 Å². The van der Waals surface area contributed by atoms with E-state index in [-0.39, 0.29) is 5.75 Å². The van der Waals surface area contributed by atoms with Gasteiger partial charge in [0.2, 0.25) is 0 Å². The normalized spacial score (nSPS) is 11.3. The highest BCUT2D eigenvalue weighted by atomic mass is 35.5. The summed E-state index contributed by atoms with van der Waals surface area (Å²) in [5.74, 6) is 0.283. The molecule has 3 nitrogen and oxygen atoms in total. The quantitative estimate of drug-likeness (QED) is 0.922. The van der Waals surface area contributed by atoms with E-state index < -0.39 is 0 Å². The van der Waals surface area contributed by atoms with E-state index in [9.17, 15) is 5.11 Å². The molecule has 1 N–H and O–H groups in total. The summed E-state index contributed by atoms with van der Waals surface area (Å²) in [6.45, 7) is 4.63. The number of allylic oxidation sites excluding steroid dienone is 1. The van der Waals surface area contributed by atoms with E-state index in [4.69, 9.17) is 11.6 Å². The number of aromatic nitrogens is 2. The minimum atomic E-state index is 0.283. The summed E-state index contributed by atoms with van der Waals surface area (Å²) in [7, 11) is 0. The fourth-order valence-corrected chi connectivity index (χ4v) is 2.15. The first kappa shape index (κ1) is 13.7. The number of aryl methyl sites for hydroxylation is 1. The number of benzene rings is 1. The summed E-state index contributed by atoms with van der Waals surface area (Å²) in [5, 5.41) is 15.0. The Kier molecular flexibility index (Phi) is 4.27. The zero-order valence-electron chi connectivity index (χ0n) is 11.1. The van der Waals surface area contributed by atoms with Crippen molar-refractivity contribution >= 4 is 17.7 Å². The van der Waals surface area contributed by atoms with Crippen molar-refractivity contribution in [1.29, 1.82) is 0 Å². The Labute approximate surface area is 118 Å². The highest BCUT2D eigenvalue weighted by Gasteiger charge is 2.10. The average molecular weight is 277 g/mol. The third-order valence-corrected chi connectivity index (χ3v) is 3.40. The van der Waals surface area contributed by atoms with E-state index >= 15 is 0 Å². The second-order valence-corrected chi connectivity index (χ2v) is 4.73. The molecule has 1 heterocycles. The van der Waals surface area contributed by atoms with E-state index in [1.54, 1.807) is 4.68 Å². The van der Waals surface area contributed by atoms with Crippen molar-refractivity contribution in [3.8, 4) is 5.75 Å². The Morgan fingerprint density at radius 2 is 2.11 bits per heavy atom. The van der Waals surface area contributed by atoms with Crippen molar-refractivity contribution in [1.82, 2.24) is 9.78 Å². The van der Waals surface area contributed by atoms with Crippen LogP contribution < -0.4 is 0 Å². The van der Waals surface area contributed by atoms with Crippen molar-refractivity contribution in [3.63, 3.8) is 0 Å². The molecule has 2 rings (SSSR count). The molecule has 1 aromatic carbocycles. The van der Waals surface area contributed by atoms with Gasteiger partial charge in [-0.2, -0.15) is 5.10 Å². The monoisotopic (exact) mass is 276 g/mol. The van der Waals surface area contributed by atoms with Crippen molar-refractivity contribution in [2.24, 2.45) is 0 Å². The van der Waals surface area contributed by atoms with Crippen LogP contribution in [0.1, 0.15) is 23.9 Å². The molecule has 100 valence electrons. The lowest BCUT2D eigenvalue weighted by molar-refractivity contribution is 0.463. The van der Waals surface area contributed by atoms with Crippen molar-refractivity contribution in [2.75, 3.05) is 0 Å². The van der Waals surface area contributed by atoms with Gasteiger partial charge in [-0.3, -0.25) is 4.68 Å². The molecule has 0 bridgehead atoms. The van der Waals surface area contributed by atoms with E-state index in [1.165, 1.54) is 0 Å². The zero-order valence-corrected chi connectivity index (χ0v) is 11.9. The van der Waals surface area contributed by atoms with Gasteiger partial charge in [-0.15, -0.1) is 0 Å². The van der Waals surface area contributed by atoms with Gasteiger partial charge in [0.05, 0.1) is 5.69 Å². The molecule has 0 aliphatic carbocycles. The smallest absolute Gasteiger partial charge is 0.160 e. The maximum atomic E-state index is 9.96. The molecule has 0 fully saturated rings. The second-order valence-electron chi connectivity index (χ2n) is 4.32. The fourth-order valence-electron chi connectivity index (χ4n) is 1.95. The van der Waals surface area contributed by atoms with Crippen LogP contribution >= 0.6 is 11.6 Å². The first-order valence-corrected chi connectivity index (χ1v) is 6.67. The third kappa shape index (κ3) is 2.99. The minimum Gasteiger partial charge on any atom is -0.504 e. The summed E-state index contributed by atoms with van der Waals surface area (Å²) >= 11 is 6.07. The standard InChI is InChI=1S/C15H17ClN2O/c1-3-18-11(2)15(19)14(17-18)10-6-8-12-7-4-5-9-13(12)16/h4-9,19H,3,10H2,1-2H3/b8-6+. The molecule has 0 amide bonds. The third-order valence-electron chi connectivity index (χ3n) is 3.06. The van der Waals surface area contributed by atoms with Gasteiger partial charge in [-0.25, -0.2) is 0 Å². The van der Waals surface area contributed by atoms with Crippen LogP contribution in [0.25, 0.3) is 6.08 Å². The molecule has 0 saturated carbocycles. The molecule has 1 aromatic heterocycles. The Hall–Kier alpha value is -1.74. The van der Waals surface area contributed by atoms with Crippen molar-refractivity contribution in [3.05, 3.63) is 52.3 Å². The molecular formula is C15H17ClN2O. The van der Waals surface area contributed by atoms with Gasteiger partial charge in [0.1, 0.15) is 5.69 Å². The molecular weight excluding hydrogens is 260 g/mol. The number of rotatable bonds is 4. The van der Waals surface area contributed by atoms with Gasteiger partial charge >= 0.3 is 0 Å². The van der Waals surface area contributed by atoms with Crippen LogP contribution in [0.5, 0.6) is 5.75 Å². The van der Waals surface area contributed by atoms with Gasteiger partial charge < -0.3 is 5.11 Å². The molecule has 0 aliphatic rings. The maximum absolute atomic E-state index is 9.96. The molecule has 4 heteroatoms. The lowest BCUT2D eigenvalue weighted by Gasteiger charge is -1.96. The first-order valence-electron chi connectivity index (χ1n) is 6.29. The lowest BCUT2D eigenvalue weighted by Crippen LogP contribution is -1.98. The maximum Gasteiger partial charge on any atom is 0.160 e. The van der Waals surface area contributed by atoms with Crippen LogP contribution in [-0.4, -0.2) is 14.9 Å². The van der Waals surface area contributed by atoms with Crippen LogP contribution in [0.2, 0.25) is 5.02 Å². The van der Waals surface area contributed by atoms with Crippen LogP contribution in [0.4, 0.5) is 0 Å². The zero-order chi connectivity index (χ0) is 13.8. The van der Waals surface area contributed by atoms with Crippen LogP contribution in [0.3, 0.4) is 0 Å². The Bertz CT molecular complexity index is 602. The van der Waals surface area contributed by atoms with Crippen LogP contribution in [0, 0.1) is 6.92 Å². The summed E-state index contributed by atoms with van der Waals surface area (Å²) in [4.78, 5) is 0. The summed E-state index contributed by atoms with van der Waals surface area (Å²) in [5.41, 5.74) is 2.47. The van der Waals surface area contributed by atoms with Gasteiger partial charge in [-0.1, -0.05) is 42.0 Å². The second kappa shape index (κ2) is 5.93. The lowest BCUT2D eigenvalue weighted by atomic mass is 10.2. The van der Waals surface area contributed by atoms with Gasteiger partial charge in [0.15, 0.2) is 5.75 Å². The van der Waals surface area contributed by atoms with Gasteiger partial charge in [0.25, 0.3) is 0 Å². The molecule has 0 unspecified atom stereocenters. The highest BCUT2D eigenvalue weighted by Crippen LogP contribution is 2.22. The Morgan fingerprint density at radius 3 is 2.74 bits per heavy atom. The Morgan fingerprint density at radius 1 is 1.37 bits per heavy atom. The summed E-state index contributed by atoms with van der Waals surface area (Å²) in [6, 6.07) is 7.65. The molecule has 19 heavy (non-hydrogen) atoms. The highest BCUT2D eigenvalue weighted by molar-refractivity contribution is 6.32. The Balaban J connectivity index is 2.13. The van der Waals surface area contributed by atoms with E-state index in [0.717, 1.165) is 22.8 Å². The van der Waals surface area contributed by atoms with Crippen molar-refractivity contribution < 1.29 is 5.11 Å². The number of hydrogen-bond donors (Lipinski definition) is 1. The predicted octanol–water partition coefficient (Wildman–Crippen LogP) is 3.83. The van der Waals surface area contributed by atoms with Crippen LogP contribution in [0.15, 0.2) is 30.3 Å². The summed E-state index contributed by atoms with van der Waals surface area (Å²) < 4.78 is 1.80. The van der Waals surface area contributed by atoms with E-state index in [1.807, 2.05) is 50.3 Å². The minimum absolute atomic E-state index is 0.283. The van der Waals surface area contributed by atoms with Gasteiger partial charge in [0, 0.05) is 18.0 Å². The molecule has 0 radical (unpaired) electrons. The molecule has 0 atom stereocenters. The SMILES string of the molecule is CCn1nc(C/C=C/c2ccccc2Cl)c(O)c1C. The molecule has 2 aromatic rings. The number of halogens is 1. The number of aromatic hydroxyl groups is 1. The van der Waals surface area contributed by atoms with Gasteiger partial charge in [-0.05, 0) is 25.5 Å². The molecule has 0 saturated heterocycles. The molecule has 0 spiro atoms. The molecule has 0 aliphatic heterocycles. The largest absolute Gasteiger partial charge is 0.504 e. The topological polar surface area (TPSA) is 38.0 Å².